The van der Waals surface area contributed by atoms with E-state index in [9.17, 15) is 9.59 Å². The smallest absolute Gasteiger partial charge is 0.225 e. The van der Waals surface area contributed by atoms with Crippen LogP contribution in [0.15, 0.2) is 54.6 Å². The van der Waals surface area contributed by atoms with Crippen molar-refractivity contribution in [2.45, 2.75) is 25.0 Å². The zero-order chi connectivity index (χ0) is 23.7. The number of hydrogen-bond acceptors (Lipinski definition) is 5. The van der Waals surface area contributed by atoms with Crippen LogP contribution >= 0.6 is 11.6 Å². The van der Waals surface area contributed by atoms with E-state index in [2.05, 4.69) is 0 Å². The summed E-state index contributed by atoms with van der Waals surface area (Å²) in [7, 11) is 3.34. The molecule has 1 aliphatic heterocycles. The van der Waals surface area contributed by atoms with Crippen molar-refractivity contribution in [3.8, 4) is 5.75 Å². The molecule has 0 radical (unpaired) electrons. The van der Waals surface area contributed by atoms with Crippen LogP contribution in [-0.4, -0.2) is 74.3 Å². The van der Waals surface area contributed by atoms with E-state index < -0.39 is 5.60 Å². The highest BCUT2D eigenvalue weighted by atomic mass is 35.5. The van der Waals surface area contributed by atoms with Crippen LogP contribution in [0.2, 0.25) is 5.02 Å². The van der Waals surface area contributed by atoms with Crippen LogP contribution in [0.5, 0.6) is 5.75 Å². The van der Waals surface area contributed by atoms with Gasteiger partial charge in [0.05, 0.1) is 32.6 Å². The Morgan fingerprint density at radius 1 is 1.15 bits per heavy atom. The Hall–Kier alpha value is -2.61. The minimum Gasteiger partial charge on any atom is -0.490 e. The summed E-state index contributed by atoms with van der Waals surface area (Å²) in [5, 5.41) is 0.610. The predicted molar refractivity (Wildman–Crippen MR) is 126 cm³/mol. The minimum absolute atomic E-state index is 0.0268. The maximum Gasteiger partial charge on any atom is 0.225 e. The van der Waals surface area contributed by atoms with Gasteiger partial charge >= 0.3 is 0 Å². The van der Waals surface area contributed by atoms with Crippen LogP contribution in [0.25, 0.3) is 0 Å². The molecule has 2 aromatic rings. The summed E-state index contributed by atoms with van der Waals surface area (Å²) < 4.78 is 17.2. The first-order chi connectivity index (χ1) is 15.9. The van der Waals surface area contributed by atoms with E-state index in [0.717, 1.165) is 5.56 Å². The number of carbonyl (C=O) groups excluding carboxylic acids is 2. The van der Waals surface area contributed by atoms with Crippen molar-refractivity contribution >= 4 is 23.4 Å². The number of ether oxygens (including phenoxy) is 3. The van der Waals surface area contributed by atoms with Crippen molar-refractivity contribution in [2.24, 2.45) is 0 Å². The molecule has 1 atom stereocenters. The van der Waals surface area contributed by atoms with Gasteiger partial charge in [-0.25, -0.2) is 0 Å². The molecule has 0 aromatic heterocycles. The first kappa shape index (κ1) is 25.0. The molecule has 2 amide bonds. The van der Waals surface area contributed by atoms with Crippen molar-refractivity contribution in [3.63, 3.8) is 0 Å². The molecule has 1 fully saturated rings. The van der Waals surface area contributed by atoms with E-state index in [1.165, 1.54) is 0 Å². The van der Waals surface area contributed by atoms with Crippen molar-refractivity contribution in [1.82, 2.24) is 9.80 Å². The van der Waals surface area contributed by atoms with Gasteiger partial charge in [-0.2, -0.15) is 0 Å². The van der Waals surface area contributed by atoms with E-state index in [1.54, 1.807) is 48.2 Å². The standard InChI is InChI=1S/C25H31ClN2O5/c1-27(17-20-6-4-3-5-7-20)24(30)16-25(19-32-22-10-8-21(26)9-11-22)18-28(13-15-33-25)23(29)12-14-31-2/h3-11H,12-19H2,1-2H3/t25-/m1/s1. The van der Waals surface area contributed by atoms with Gasteiger partial charge in [-0.1, -0.05) is 41.9 Å². The lowest BCUT2D eigenvalue weighted by Crippen LogP contribution is -2.58. The number of rotatable bonds is 10. The quantitative estimate of drug-likeness (QED) is 0.528. The van der Waals surface area contributed by atoms with Gasteiger partial charge in [0.25, 0.3) is 0 Å². The first-order valence-corrected chi connectivity index (χ1v) is 11.4. The molecule has 1 aliphatic rings. The zero-order valence-electron chi connectivity index (χ0n) is 19.2. The number of nitrogens with zero attached hydrogens (tertiary/aromatic N) is 2. The summed E-state index contributed by atoms with van der Waals surface area (Å²) in [4.78, 5) is 29.2. The molecule has 1 heterocycles. The van der Waals surface area contributed by atoms with E-state index in [0.29, 0.717) is 37.1 Å². The lowest BCUT2D eigenvalue weighted by atomic mass is 9.96. The van der Waals surface area contributed by atoms with Crippen LogP contribution in [-0.2, 0) is 25.6 Å². The summed E-state index contributed by atoms with van der Waals surface area (Å²) >= 11 is 5.97. The average Bonchev–Trinajstić information content (AvgIpc) is 2.83. The molecule has 0 bridgehead atoms. The maximum atomic E-state index is 13.2. The lowest BCUT2D eigenvalue weighted by Gasteiger charge is -2.42. The van der Waals surface area contributed by atoms with E-state index in [4.69, 9.17) is 25.8 Å². The van der Waals surface area contributed by atoms with Crippen LogP contribution in [0.1, 0.15) is 18.4 Å². The third-order valence-corrected chi connectivity index (χ3v) is 5.85. The van der Waals surface area contributed by atoms with Crippen molar-refractivity contribution in [1.29, 1.82) is 0 Å². The normalized spacial score (nSPS) is 18.1. The van der Waals surface area contributed by atoms with E-state index >= 15 is 0 Å². The van der Waals surface area contributed by atoms with Crippen molar-refractivity contribution in [2.75, 3.05) is 47.1 Å². The molecule has 8 heteroatoms. The lowest BCUT2D eigenvalue weighted by molar-refractivity contribution is -0.166. The highest BCUT2D eigenvalue weighted by Gasteiger charge is 2.41. The van der Waals surface area contributed by atoms with E-state index in [-0.39, 0.29) is 37.8 Å². The Morgan fingerprint density at radius 2 is 1.88 bits per heavy atom. The fraction of sp³-hybridized carbons (Fsp3) is 0.440. The molecule has 2 aromatic carbocycles. The number of halogens is 1. The second-order valence-corrected chi connectivity index (χ2v) is 8.68. The van der Waals surface area contributed by atoms with Gasteiger partial charge in [-0.05, 0) is 29.8 Å². The Kier molecular flexibility index (Phi) is 9.11. The Balaban J connectivity index is 1.72. The SMILES string of the molecule is COCCC(=O)N1CCO[C@](COc2ccc(Cl)cc2)(CC(=O)N(C)Cc2ccccc2)C1. The fourth-order valence-corrected chi connectivity index (χ4v) is 3.88. The maximum absolute atomic E-state index is 13.2. The third kappa shape index (κ3) is 7.45. The zero-order valence-corrected chi connectivity index (χ0v) is 19.9. The van der Waals surface area contributed by atoms with E-state index in [1.807, 2.05) is 30.3 Å². The van der Waals surface area contributed by atoms with Crippen LogP contribution in [0.4, 0.5) is 0 Å². The highest BCUT2D eigenvalue weighted by Crippen LogP contribution is 2.26. The van der Waals surface area contributed by atoms with Gasteiger partial charge in [0.15, 0.2) is 0 Å². The topological polar surface area (TPSA) is 68.3 Å². The molecule has 33 heavy (non-hydrogen) atoms. The summed E-state index contributed by atoms with van der Waals surface area (Å²) in [6.07, 6.45) is 0.379. The molecular weight excluding hydrogens is 444 g/mol. The second-order valence-electron chi connectivity index (χ2n) is 8.24. The van der Waals surface area contributed by atoms with Crippen LogP contribution in [0.3, 0.4) is 0 Å². The summed E-state index contributed by atoms with van der Waals surface area (Å²) in [5.41, 5.74) is 0.0867. The average molecular weight is 475 g/mol. The molecule has 3 rings (SSSR count). The number of hydrogen-bond donors (Lipinski definition) is 0. The number of carbonyl (C=O) groups is 2. The van der Waals surface area contributed by atoms with Crippen LogP contribution < -0.4 is 4.74 Å². The van der Waals surface area contributed by atoms with Gasteiger partial charge in [-0.15, -0.1) is 0 Å². The molecule has 7 nitrogen and oxygen atoms in total. The van der Waals surface area contributed by atoms with Crippen molar-refractivity contribution in [3.05, 3.63) is 65.2 Å². The Morgan fingerprint density at radius 3 is 2.58 bits per heavy atom. The van der Waals surface area contributed by atoms with Gasteiger partial charge in [-0.3, -0.25) is 9.59 Å². The summed E-state index contributed by atoms with van der Waals surface area (Å²) in [6, 6.07) is 16.8. The number of amides is 2. The summed E-state index contributed by atoms with van der Waals surface area (Å²) in [6.45, 7) is 2.05. The third-order valence-electron chi connectivity index (χ3n) is 5.60. The molecule has 0 N–H and O–H groups in total. The van der Waals surface area contributed by atoms with Gasteiger partial charge in [0.1, 0.15) is 18.0 Å². The molecule has 0 saturated carbocycles. The largest absolute Gasteiger partial charge is 0.490 e. The molecule has 0 spiro atoms. The predicted octanol–water partition coefficient (Wildman–Crippen LogP) is 3.40. The van der Waals surface area contributed by atoms with Crippen LogP contribution in [0, 0.1) is 0 Å². The number of methoxy groups -OCH3 is 1. The fourth-order valence-electron chi connectivity index (χ4n) is 3.75. The van der Waals surface area contributed by atoms with Crippen molar-refractivity contribution < 1.29 is 23.8 Å². The van der Waals surface area contributed by atoms with Gasteiger partial charge in [0, 0.05) is 32.3 Å². The Labute approximate surface area is 200 Å². The second kappa shape index (κ2) is 12.0. The van der Waals surface area contributed by atoms with Gasteiger partial charge in [0.2, 0.25) is 11.8 Å². The Bertz CT molecular complexity index is 909. The molecule has 1 saturated heterocycles. The summed E-state index contributed by atoms with van der Waals surface area (Å²) in [5.74, 6) is 0.515. The monoisotopic (exact) mass is 474 g/mol. The minimum atomic E-state index is -0.956. The molecular formula is C25H31ClN2O5. The number of morpholine rings is 1. The molecule has 0 aliphatic carbocycles. The number of benzene rings is 2. The molecule has 178 valence electrons. The molecule has 0 unspecified atom stereocenters. The van der Waals surface area contributed by atoms with Gasteiger partial charge < -0.3 is 24.0 Å². The first-order valence-electron chi connectivity index (χ1n) is 11.0. The highest BCUT2D eigenvalue weighted by molar-refractivity contribution is 6.30.